The van der Waals surface area contributed by atoms with Gasteiger partial charge in [0.1, 0.15) is 5.76 Å². The van der Waals surface area contributed by atoms with Gasteiger partial charge in [-0.1, -0.05) is 5.16 Å². The normalized spacial score (nSPS) is 14.4. The number of rotatable bonds is 5. The van der Waals surface area contributed by atoms with Crippen molar-refractivity contribution in [3.8, 4) is 0 Å². The number of amides is 1. The molecule has 2 atom stereocenters. The summed E-state index contributed by atoms with van der Waals surface area (Å²) in [6.45, 7) is 5.40. The minimum atomic E-state index is -0.644. The van der Waals surface area contributed by atoms with Gasteiger partial charge in [-0.2, -0.15) is 0 Å². The van der Waals surface area contributed by atoms with E-state index in [0.29, 0.717) is 5.76 Å². The molecule has 2 unspecified atom stereocenters. The van der Waals surface area contributed by atoms with Crippen molar-refractivity contribution in [2.45, 2.75) is 39.3 Å². The van der Waals surface area contributed by atoms with Crippen LogP contribution in [0, 0.1) is 13.8 Å². The van der Waals surface area contributed by atoms with Crippen molar-refractivity contribution in [3.63, 3.8) is 0 Å². The molecule has 0 aliphatic heterocycles. The minimum absolute atomic E-state index is 0.157. The van der Waals surface area contributed by atoms with Crippen molar-refractivity contribution in [2.24, 2.45) is 5.73 Å². The monoisotopic (exact) mass is 241 g/mol. The van der Waals surface area contributed by atoms with Crippen molar-refractivity contribution in [2.75, 3.05) is 6.54 Å². The second-order valence-corrected chi connectivity index (χ2v) is 4.19. The van der Waals surface area contributed by atoms with Crippen LogP contribution in [0.3, 0.4) is 0 Å². The van der Waals surface area contributed by atoms with Crippen LogP contribution in [-0.2, 0) is 11.2 Å². The molecule has 0 aromatic carbocycles. The van der Waals surface area contributed by atoms with Gasteiger partial charge in [-0.3, -0.25) is 4.79 Å². The van der Waals surface area contributed by atoms with Gasteiger partial charge in [-0.25, -0.2) is 0 Å². The van der Waals surface area contributed by atoms with E-state index in [1.54, 1.807) is 20.8 Å². The molecule has 0 aliphatic rings. The molecule has 0 radical (unpaired) electrons. The Morgan fingerprint density at radius 3 is 2.71 bits per heavy atom. The van der Waals surface area contributed by atoms with E-state index in [1.165, 1.54) is 0 Å². The van der Waals surface area contributed by atoms with Gasteiger partial charge in [-0.05, 0) is 20.8 Å². The molecule has 0 fully saturated rings. The van der Waals surface area contributed by atoms with Gasteiger partial charge in [0.15, 0.2) is 0 Å². The molecule has 1 aromatic rings. The summed E-state index contributed by atoms with van der Waals surface area (Å²) in [6.07, 6.45) is -0.428. The molecule has 6 nitrogen and oxygen atoms in total. The highest BCUT2D eigenvalue weighted by Gasteiger charge is 2.15. The lowest BCUT2D eigenvalue weighted by atomic mass is 10.1. The van der Waals surface area contributed by atoms with Crippen LogP contribution in [0.15, 0.2) is 4.52 Å². The van der Waals surface area contributed by atoms with Crippen LogP contribution in [0.5, 0.6) is 0 Å². The average molecular weight is 241 g/mol. The standard InChI is InChI=1S/C11H19N3O3/c1-6-9(8(3)17-14-6)4-11(16)13-5-10(12)7(2)15/h7,10,15H,4-5,12H2,1-3H3,(H,13,16). The third-order valence-corrected chi connectivity index (χ3v) is 2.67. The summed E-state index contributed by atoms with van der Waals surface area (Å²) in [5.41, 5.74) is 7.12. The van der Waals surface area contributed by atoms with Gasteiger partial charge in [-0.15, -0.1) is 0 Å². The maximum Gasteiger partial charge on any atom is 0.224 e. The van der Waals surface area contributed by atoms with Crippen molar-refractivity contribution in [3.05, 3.63) is 17.0 Å². The zero-order valence-electron chi connectivity index (χ0n) is 10.4. The van der Waals surface area contributed by atoms with Crippen LogP contribution in [0.25, 0.3) is 0 Å². The van der Waals surface area contributed by atoms with E-state index in [2.05, 4.69) is 10.5 Å². The summed E-state index contributed by atoms with van der Waals surface area (Å²) in [7, 11) is 0. The number of aromatic nitrogens is 1. The number of hydrogen-bond donors (Lipinski definition) is 3. The number of nitrogens with one attached hydrogen (secondary N) is 1. The second-order valence-electron chi connectivity index (χ2n) is 4.19. The average Bonchev–Trinajstić information content (AvgIpc) is 2.57. The minimum Gasteiger partial charge on any atom is -0.392 e. The first-order valence-corrected chi connectivity index (χ1v) is 5.54. The third-order valence-electron chi connectivity index (χ3n) is 2.67. The van der Waals surface area contributed by atoms with E-state index in [1.807, 2.05) is 0 Å². The number of nitrogens with two attached hydrogens (primary N) is 1. The fourth-order valence-electron chi connectivity index (χ4n) is 1.38. The van der Waals surface area contributed by atoms with Gasteiger partial charge in [0.2, 0.25) is 5.91 Å². The summed E-state index contributed by atoms with van der Waals surface area (Å²) in [4.78, 5) is 11.6. The molecule has 1 amide bonds. The van der Waals surface area contributed by atoms with Crippen LogP contribution in [0.4, 0.5) is 0 Å². The number of aliphatic hydroxyl groups excluding tert-OH is 1. The first-order valence-electron chi connectivity index (χ1n) is 5.54. The van der Waals surface area contributed by atoms with Crippen LogP contribution in [-0.4, -0.2) is 34.9 Å². The van der Waals surface area contributed by atoms with E-state index in [4.69, 9.17) is 10.3 Å². The molecule has 1 aromatic heterocycles. The Hall–Kier alpha value is -1.40. The number of carbonyl (C=O) groups excluding carboxylic acids is 1. The molecule has 0 spiro atoms. The second kappa shape index (κ2) is 5.79. The molecule has 0 saturated carbocycles. The zero-order chi connectivity index (χ0) is 13.0. The first kappa shape index (κ1) is 13.7. The molecule has 17 heavy (non-hydrogen) atoms. The fourth-order valence-corrected chi connectivity index (χ4v) is 1.38. The van der Waals surface area contributed by atoms with Gasteiger partial charge in [0, 0.05) is 18.2 Å². The molecule has 0 bridgehead atoms. The molecule has 96 valence electrons. The van der Waals surface area contributed by atoms with E-state index >= 15 is 0 Å². The molecule has 0 saturated heterocycles. The summed E-state index contributed by atoms with van der Waals surface area (Å²) in [5.74, 6) is 0.493. The van der Waals surface area contributed by atoms with Crippen LogP contribution in [0.1, 0.15) is 23.9 Å². The molecular weight excluding hydrogens is 222 g/mol. The highest BCUT2D eigenvalue weighted by atomic mass is 16.5. The zero-order valence-corrected chi connectivity index (χ0v) is 10.4. The van der Waals surface area contributed by atoms with Crippen molar-refractivity contribution >= 4 is 5.91 Å². The first-order chi connectivity index (χ1) is 7.91. The Morgan fingerprint density at radius 2 is 2.24 bits per heavy atom. The number of carbonyl (C=O) groups is 1. The highest BCUT2D eigenvalue weighted by molar-refractivity contribution is 5.79. The summed E-state index contributed by atoms with van der Waals surface area (Å²) in [5, 5.41) is 15.6. The molecule has 0 aliphatic carbocycles. The Bertz CT molecular complexity index is 368. The van der Waals surface area contributed by atoms with Crippen molar-refractivity contribution < 1.29 is 14.4 Å². The quantitative estimate of drug-likeness (QED) is 0.654. The Morgan fingerprint density at radius 1 is 1.59 bits per heavy atom. The lowest BCUT2D eigenvalue weighted by molar-refractivity contribution is -0.120. The van der Waals surface area contributed by atoms with Gasteiger partial charge in [0.25, 0.3) is 0 Å². The molecule has 1 rings (SSSR count). The fraction of sp³-hybridized carbons (Fsp3) is 0.636. The summed E-state index contributed by atoms with van der Waals surface area (Å²) >= 11 is 0. The maximum absolute atomic E-state index is 11.6. The largest absolute Gasteiger partial charge is 0.392 e. The van der Waals surface area contributed by atoms with Crippen LogP contribution in [0.2, 0.25) is 0 Å². The SMILES string of the molecule is Cc1noc(C)c1CC(=O)NCC(N)C(C)O. The molecule has 4 N–H and O–H groups in total. The number of aliphatic hydroxyl groups is 1. The molecule has 6 heteroatoms. The van der Waals surface area contributed by atoms with E-state index in [0.717, 1.165) is 11.3 Å². The Balaban J connectivity index is 2.45. The maximum atomic E-state index is 11.6. The van der Waals surface area contributed by atoms with E-state index in [-0.39, 0.29) is 18.9 Å². The third kappa shape index (κ3) is 3.83. The Labute approximate surface area is 100 Å². The van der Waals surface area contributed by atoms with Crippen LogP contribution >= 0.6 is 0 Å². The number of nitrogens with zero attached hydrogens (tertiary/aromatic N) is 1. The van der Waals surface area contributed by atoms with Gasteiger partial charge in [0.05, 0.1) is 18.2 Å². The number of aryl methyl sites for hydroxylation is 2. The van der Waals surface area contributed by atoms with E-state index in [9.17, 15) is 9.90 Å². The molecule has 1 heterocycles. The Kier molecular flexibility index (Phi) is 4.65. The predicted octanol–water partition coefficient (Wildman–Crippen LogP) is -0.342. The lowest BCUT2D eigenvalue weighted by Crippen LogP contribution is -2.44. The van der Waals surface area contributed by atoms with Gasteiger partial charge >= 0.3 is 0 Å². The summed E-state index contributed by atoms with van der Waals surface area (Å²) < 4.78 is 4.97. The topological polar surface area (TPSA) is 101 Å². The van der Waals surface area contributed by atoms with Gasteiger partial charge < -0.3 is 20.7 Å². The lowest BCUT2D eigenvalue weighted by Gasteiger charge is -2.15. The highest BCUT2D eigenvalue weighted by Crippen LogP contribution is 2.12. The molecular formula is C11H19N3O3. The number of hydrogen-bond acceptors (Lipinski definition) is 5. The predicted molar refractivity (Wildman–Crippen MR) is 62.3 cm³/mol. The van der Waals surface area contributed by atoms with E-state index < -0.39 is 12.1 Å². The summed E-state index contributed by atoms with van der Waals surface area (Å²) in [6, 6.07) is -0.455. The smallest absolute Gasteiger partial charge is 0.224 e. The van der Waals surface area contributed by atoms with Crippen molar-refractivity contribution in [1.29, 1.82) is 0 Å². The van der Waals surface area contributed by atoms with Crippen molar-refractivity contribution in [1.82, 2.24) is 10.5 Å². The van der Waals surface area contributed by atoms with Crippen LogP contribution < -0.4 is 11.1 Å².